The summed E-state index contributed by atoms with van der Waals surface area (Å²) in [4.78, 5) is 8.87. The van der Waals surface area contributed by atoms with Crippen LogP contribution in [0.1, 0.15) is 34.6 Å². The lowest BCUT2D eigenvalue weighted by Gasteiger charge is -2.25. The van der Waals surface area contributed by atoms with E-state index in [0.29, 0.717) is 17.7 Å². The summed E-state index contributed by atoms with van der Waals surface area (Å²) in [6.07, 6.45) is 0. The molecule has 18 heavy (non-hydrogen) atoms. The highest BCUT2D eigenvalue weighted by Gasteiger charge is 2.28. The molecular formula is C13H29N3O2. The zero-order valence-electron chi connectivity index (χ0n) is 13.0. The molecule has 2 atom stereocenters. The van der Waals surface area contributed by atoms with Gasteiger partial charge in [-0.3, -0.25) is 0 Å². The van der Waals surface area contributed by atoms with Gasteiger partial charge in [0.15, 0.2) is 0 Å². The Labute approximate surface area is 111 Å². The first-order chi connectivity index (χ1) is 8.60. The van der Waals surface area contributed by atoms with Crippen LogP contribution < -0.4 is 5.73 Å². The molecule has 0 aromatic rings. The van der Waals surface area contributed by atoms with Crippen LogP contribution in [0.15, 0.2) is 9.98 Å². The molecule has 0 aliphatic carbocycles. The molecule has 0 amide bonds. The van der Waals surface area contributed by atoms with Gasteiger partial charge in [-0.25, -0.2) is 9.98 Å². The fourth-order valence-electron chi connectivity index (χ4n) is 1.45. The van der Waals surface area contributed by atoms with Gasteiger partial charge in [-0.15, -0.1) is 0 Å². The number of hydrogen-bond donors (Lipinski definition) is 1. The van der Waals surface area contributed by atoms with Crippen molar-refractivity contribution < 1.29 is 9.47 Å². The third-order valence-electron chi connectivity index (χ3n) is 2.25. The van der Waals surface area contributed by atoms with E-state index in [9.17, 15) is 0 Å². The summed E-state index contributed by atoms with van der Waals surface area (Å²) in [6.45, 7) is 10.1. The van der Waals surface area contributed by atoms with Crippen molar-refractivity contribution in [1.29, 1.82) is 0 Å². The van der Waals surface area contributed by atoms with Crippen molar-refractivity contribution in [2.75, 3.05) is 21.3 Å². The van der Waals surface area contributed by atoms with Gasteiger partial charge in [-0.05, 0) is 19.9 Å². The minimum atomic E-state index is -0.0371. The van der Waals surface area contributed by atoms with E-state index in [1.54, 1.807) is 14.2 Å². The first kappa shape index (κ1) is 19.2. The van der Waals surface area contributed by atoms with E-state index in [0.717, 1.165) is 0 Å². The van der Waals surface area contributed by atoms with Crippen molar-refractivity contribution in [2.45, 2.75) is 46.7 Å². The zero-order valence-corrected chi connectivity index (χ0v) is 13.0. The van der Waals surface area contributed by atoms with Gasteiger partial charge in [0.2, 0.25) is 11.8 Å². The average molecular weight is 259 g/mol. The maximum Gasteiger partial charge on any atom is 0.209 e. The highest BCUT2D eigenvalue weighted by molar-refractivity contribution is 5.93. The first-order valence-electron chi connectivity index (χ1n) is 6.41. The molecular weight excluding hydrogens is 230 g/mol. The Morgan fingerprint density at radius 1 is 1.00 bits per heavy atom. The molecule has 1 rings (SSSR count). The van der Waals surface area contributed by atoms with Crippen LogP contribution in [0.25, 0.3) is 0 Å². The van der Waals surface area contributed by atoms with Crippen molar-refractivity contribution in [3.05, 3.63) is 0 Å². The number of nitrogens with zero attached hydrogens (tertiary/aromatic N) is 2. The maximum absolute atomic E-state index is 5.22. The standard InChI is InChI=1S/C10H18N2O2.C2H6.CH5N/c1-6(2)8-10(14-5)11-7(3)9(12-8)13-4;2*1-2/h6-8H,1-5H3;1-2H3;2H2,1H3. The molecule has 0 aromatic heterocycles. The summed E-state index contributed by atoms with van der Waals surface area (Å²) in [7, 11) is 4.76. The number of hydrogen-bond acceptors (Lipinski definition) is 5. The summed E-state index contributed by atoms with van der Waals surface area (Å²) >= 11 is 0. The van der Waals surface area contributed by atoms with Gasteiger partial charge in [0, 0.05) is 0 Å². The van der Waals surface area contributed by atoms with Gasteiger partial charge in [0.1, 0.15) is 12.1 Å². The molecule has 0 bridgehead atoms. The van der Waals surface area contributed by atoms with E-state index in [4.69, 9.17) is 9.47 Å². The Bertz CT molecular complexity index is 263. The molecule has 0 aromatic carbocycles. The molecule has 2 unspecified atom stereocenters. The molecule has 1 aliphatic rings. The van der Waals surface area contributed by atoms with Crippen molar-refractivity contribution in [1.82, 2.24) is 0 Å². The minimum absolute atomic E-state index is 0.00819. The monoisotopic (exact) mass is 259 g/mol. The first-order valence-corrected chi connectivity index (χ1v) is 6.41. The van der Waals surface area contributed by atoms with Crippen LogP contribution in [0.5, 0.6) is 0 Å². The normalized spacial score (nSPS) is 21.7. The minimum Gasteiger partial charge on any atom is -0.483 e. The van der Waals surface area contributed by atoms with Crippen molar-refractivity contribution in [3.63, 3.8) is 0 Å². The van der Waals surface area contributed by atoms with Gasteiger partial charge in [0.05, 0.1) is 14.2 Å². The van der Waals surface area contributed by atoms with Crippen LogP contribution >= 0.6 is 0 Å². The quantitative estimate of drug-likeness (QED) is 0.784. The molecule has 0 spiro atoms. The van der Waals surface area contributed by atoms with E-state index in [-0.39, 0.29) is 12.1 Å². The van der Waals surface area contributed by atoms with Gasteiger partial charge in [-0.2, -0.15) is 0 Å². The lowest BCUT2D eigenvalue weighted by molar-refractivity contribution is 0.335. The molecule has 0 radical (unpaired) electrons. The molecule has 0 saturated heterocycles. The molecule has 1 aliphatic heterocycles. The van der Waals surface area contributed by atoms with Gasteiger partial charge >= 0.3 is 0 Å². The summed E-state index contributed by atoms with van der Waals surface area (Å²) in [5.74, 6) is 1.75. The predicted molar refractivity (Wildman–Crippen MR) is 78.4 cm³/mol. The molecule has 0 saturated carbocycles. The summed E-state index contributed by atoms with van der Waals surface area (Å²) < 4.78 is 10.4. The van der Waals surface area contributed by atoms with E-state index in [2.05, 4.69) is 29.6 Å². The maximum atomic E-state index is 5.22. The third-order valence-corrected chi connectivity index (χ3v) is 2.25. The molecule has 5 nitrogen and oxygen atoms in total. The summed E-state index contributed by atoms with van der Waals surface area (Å²) in [5, 5.41) is 0. The number of nitrogens with two attached hydrogens (primary N) is 1. The molecule has 2 N–H and O–H groups in total. The second-order valence-corrected chi connectivity index (χ2v) is 3.71. The number of ether oxygens (including phenoxy) is 2. The molecule has 108 valence electrons. The lowest BCUT2D eigenvalue weighted by atomic mass is 10.0. The Kier molecular flexibility index (Phi) is 11.8. The Morgan fingerprint density at radius 2 is 1.44 bits per heavy atom. The van der Waals surface area contributed by atoms with E-state index in [1.807, 2.05) is 20.8 Å². The summed E-state index contributed by atoms with van der Waals surface area (Å²) in [5.41, 5.74) is 4.50. The highest BCUT2D eigenvalue weighted by Crippen LogP contribution is 2.16. The molecule has 1 heterocycles. The second-order valence-electron chi connectivity index (χ2n) is 3.71. The molecule has 0 fully saturated rings. The number of aliphatic imine (C=N–C) groups is 2. The zero-order chi connectivity index (χ0) is 14.7. The van der Waals surface area contributed by atoms with Crippen LogP contribution in [0, 0.1) is 5.92 Å². The topological polar surface area (TPSA) is 69.2 Å². The van der Waals surface area contributed by atoms with Gasteiger partial charge in [0.25, 0.3) is 0 Å². The predicted octanol–water partition coefficient (Wildman–Crippen LogP) is 2.10. The van der Waals surface area contributed by atoms with Crippen LogP contribution in [0.4, 0.5) is 0 Å². The van der Waals surface area contributed by atoms with Gasteiger partial charge < -0.3 is 15.2 Å². The lowest BCUT2D eigenvalue weighted by Crippen LogP contribution is -2.36. The van der Waals surface area contributed by atoms with E-state index >= 15 is 0 Å². The second kappa shape index (κ2) is 11.0. The van der Waals surface area contributed by atoms with E-state index < -0.39 is 0 Å². The smallest absolute Gasteiger partial charge is 0.209 e. The Balaban J connectivity index is 0. The average Bonchev–Trinajstić information content (AvgIpc) is 2.42. The van der Waals surface area contributed by atoms with Crippen molar-refractivity contribution >= 4 is 11.8 Å². The van der Waals surface area contributed by atoms with Crippen molar-refractivity contribution in [2.24, 2.45) is 21.6 Å². The van der Waals surface area contributed by atoms with Crippen LogP contribution in [-0.4, -0.2) is 45.1 Å². The summed E-state index contributed by atoms with van der Waals surface area (Å²) in [6, 6.07) is -0.0453. The largest absolute Gasteiger partial charge is 0.483 e. The highest BCUT2D eigenvalue weighted by atomic mass is 16.5. The SMILES string of the molecule is CC.CN.COC1=NC(C(C)C)C(OC)=NC1C. The Hall–Kier alpha value is -1.10. The molecule has 5 heteroatoms. The Morgan fingerprint density at radius 3 is 1.78 bits per heavy atom. The third kappa shape index (κ3) is 5.49. The van der Waals surface area contributed by atoms with Crippen LogP contribution in [0.2, 0.25) is 0 Å². The van der Waals surface area contributed by atoms with Crippen LogP contribution in [0.3, 0.4) is 0 Å². The fourth-order valence-corrected chi connectivity index (χ4v) is 1.45. The van der Waals surface area contributed by atoms with Gasteiger partial charge in [-0.1, -0.05) is 27.7 Å². The van der Waals surface area contributed by atoms with Crippen molar-refractivity contribution in [3.8, 4) is 0 Å². The number of methoxy groups -OCH3 is 2. The number of rotatable bonds is 1. The fraction of sp³-hybridized carbons (Fsp3) is 0.846. The van der Waals surface area contributed by atoms with Crippen LogP contribution in [-0.2, 0) is 9.47 Å². The van der Waals surface area contributed by atoms with E-state index in [1.165, 1.54) is 7.05 Å².